The second-order valence-electron chi connectivity index (χ2n) is 7.51. The maximum atomic E-state index is 13.1. The van der Waals surface area contributed by atoms with E-state index in [0.29, 0.717) is 30.0 Å². The van der Waals surface area contributed by atoms with Gasteiger partial charge in [0.05, 0.1) is 11.3 Å². The van der Waals surface area contributed by atoms with E-state index in [-0.39, 0.29) is 11.8 Å². The van der Waals surface area contributed by atoms with Crippen LogP contribution in [-0.2, 0) is 11.3 Å². The molecule has 0 bridgehead atoms. The molecule has 3 aromatic rings. The molecule has 0 aromatic heterocycles. The number of anilines is 1. The molecule has 0 aliphatic rings. The summed E-state index contributed by atoms with van der Waals surface area (Å²) < 4.78 is 5.90. The van der Waals surface area contributed by atoms with Gasteiger partial charge < -0.3 is 15.0 Å². The van der Waals surface area contributed by atoms with Crippen LogP contribution in [0.1, 0.15) is 34.8 Å². The average Bonchev–Trinajstić information content (AvgIpc) is 2.78. The highest BCUT2D eigenvalue weighted by atomic mass is 16.5. The van der Waals surface area contributed by atoms with Gasteiger partial charge in [-0.25, -0.2) is 0 Å². The molecule has 3 aromatic carbocycles. The molecule has 1 N–H and O–H groups in total. The van der Waals surface area contributed by atoms with Crippen LogP contribution in [0.25, 0.3) is 0 Å². The van der Waals surface area contributed by atoms with E-state index >= 15 is 0 Å². The van der Waals surface area contributed by atoms with Gasteiger partial charge in [0.15, 0.2) is 6.10 Å². The molecule has 1 atom stereocenters. The first-order chi connectivity index (χ1) is 15.0. The summed E-state index contributed by atoms with van der Waals surface area (Å²) >= 11 is 0. The first-order valence-corrected chi connectivity index (χ1v) is 10.4. The van der Waals surface area contributed by atoms with E-state index in [1.807, 2.05) is 68.4 Å². The van der Waals surface area contributed by atoms with Gasteiger partial charge in [-0.15, -0.1) is 0 Å². The first-order valence-electron chi connectivity index (χ1n) is 10.4. The van der Waals surface area contributed by atoms with Gasteiger partial charge in [0, 0.05) is 13.6 Å². The van der Waals surface area contributed by atoms with Crippen LogP contribution in [-0.4, -0.2) is 29.9 Å². The molecule has 31 heavy (non-hydrogen) atoms. The fourth-order valence-corrected chi connectivity index (χ4v) is 3.30. The SMILES string of the molecule is CCC(Oc1cccc(C)c1)C(=O)Nc1ccccc1C(=O)N(C)Cc1ccccc1. The third-order valence-electron chi connectivity index (χ3n) is 4.96. The van der Waals surface area contributed by atoms with Crippen LogP contribution in [0.4, 0.5) is 5.69 Å². The summed E-state index contributed by atoms with van der Waals surface area (Å²) in [4.78, 5) is 27.6. The lowest BCUT2D eigenvalue weighted by molar-refractivity contribution is -0.122. The fraction of sp³-hybridized carbons (Fsp3) is 0.231. The summed E-state index contributed by atoms with van der Waals surface area (Å²) in [5.74, 6) is 0.205. The number of para-hydroxylation sites is 1. The topological polar surface area (TPSA) is 58.6 Å². The van der Waals surface area contributed by atoms with Gasteiger partial charge in [-0.05, 0) is 48.7 Å². The zero-order valence-corrected chi connectivity index (χ0v) is 18.2. The number of benzene rings is 3. The minimum atomic E-state index is -0.660. The van der Waals surface area contributed by atoms with E-state index in [1.54, 1.807) is 36.2 Å². The Morgan fingerprint density at radius 2 is 1.68 bits per heavy atom. The van der Waals surface area contributed by atoms with Crippen LogP contribution >= 0.6 is 0 Å². The summed E-state index contributed by atoms with van der Waals surface area (Å²) in [6, 6.07) is 24.4. The van der Waals surface area contributed by atoms with Crippen molar-refractivity contribution >= 4 is 17.5 Å². The van der Waals surface area contributed by atoms with Gasteiger partial charge >= 0.3 is 0 Å². The predicted molar refractivity (Wildman–Crippen MR) is 123 cm³/mol. The largest absolute Gasteiger partial charge is 0.481 e. The molecule has 0 fully saturated rings. The highest BCUT2D eigenvalue weighted by Gasteiger charge is 2.22. The van der Waals surface area contributed by atoms with Crippen molar-refractivity contribution in [2.45, 2.75) is 32.9 Å². The summed E-state index contributed by atoms with van der Waals surface area (Å²) in [7, 11) is 1.75. The second kappa shape index (κ2) is 10.4. The van der Waals surface area contributed by atoms with Crippen LogP contribution in [0.2, 0.25) is 0 Å². The lowest BCUT2D eigenvalue weighted by atomic mass is 10.1. The van der Waals surface area contributed by atoms with Crippen molar-refractivity contribution in [2.24, 2.45) is 0 Å². The molecule has 0 saturated carbocycles. The predicted octanol–water partition coefficient (Wildman–Crippen LogP) is 5.06. The summed E-state index contributed by atoms with van der Waals surface area (Å²) in [5, 5.41) is 2.88. The Morgan fingerprint density at radius 1 is 0.968 bits per heavy atom. The molecule has 0 aliphatic carbocycles. The number of carbonyl (C=O) groups is 2. The highest BCUT2D eigenvalue weighted by Crippen LogP contribution is 2.20. The van der Waals surface area contributed by atoms with E-state index in [9.17, 15) is 9.59 Å². The van der Waals surface area contributed by atoms with E-state index in [2.05, 4.69) is 5.32 Å². The van der Waals surface area contributed by atoms with E-state index in [1.165, 1.54) is 0 Å². The summed E-state index contributed by atoms with van der Waals surface area (Å²) in [5.41, 5.74) is 3.02. The van der Waals surface area contributed by atoms with E-state index in [4.69, 9.17) is 4.74 Å². The van der Waals surface area contributed by atoms with Crippen molar-refractivity contribution < 1.29 is 14.3 Å². The molecular weight excluding hydrogens is 388 g/mol. The zero-order chi connectivity index (χ0) is 22.2. The molecule has 0 heterocycles. The molecule has 0 radical (unpaired) electrons. The van der Waals surface area contributed by atoms with Gasteiger partial charge in [-0.3, -0.25) is 9.59 Å². The van der Waals surface area contributed by atoms with Crippen LogP contribution in [0.5, 0.6) is 5.75 Å². The van der Waals surface area contributed by atoms with Crippen molar-refractivity contribution in [1.82, 2.24) is 4.90 Å². The molecule has 0 aliphatic heterocycles. The van der Waals surface area contributed by atoms with Crippen molar-refractivity contribution in [3.05, 3.63) is 95.6 Å². The third kappa shape index (κ3) is 5.95. The Labute approximate surface area is 183 Å². The monoisotopic (exact) mass is 416 g/mol. The number of nitrogens with one attached hydrogen (secondary N) is 1. The van der Waals surface area contributed by atoms with Crippen molar-refractivity contribution in [1.29, 1.82) is 0 Å². The Morgan fingerprint density at radius 3 is 2.39 bits per heavy atom. The maximum Gasteiger partial charge on any atom is 0.265 e. The molecule has 5 nitrogen and oxygen atoms in total. The zero-order valence-electron chi connectivity index (χ0n) is 18.2. The molecule has 5 heteroatoms. The standard InChI is InChI=1S/C26H28N2O3/c1-4-24(31-21-14-10-11-19(2)17-21)25(29)27-23-16-9-8-15-22(23)26(30)28(3)18-20-12-6-5-7-13-20/h5-17,24H,4,18H2,1-3H3,(H,27,29). The van der Waals surface area contributed by atoms with Crippen molar-refractivity contribution in [2.75, 3.05) is 12.4 Å². The number of hydrogen-bond donors (Lipinski definition) is 1. The van der Waals surface area contributed by atoms with Gasteiger partial charge in [0.2, 0.25) is 0 Å². The lowest BCUT2D eigenvalue weighted by Gasteiger charge is -2.21. The Hall–Kier alpha value is -3.60. The van der Waals surface area contributed by atoms with E-state index < -0.39 is 6.10 Å². The normalized spacial score (nSPS) is 11.5. The van der Waals surface area contributed by atoms with Crippen molar-refractivity contribution in [3.63, 3.8) is 0 Å². The number of aryl methyl sites for hydroxylation is 1. The molecule has 0 spiro atoms. The van der Waals surface area contributed by atoms with Gasteiger partial charge in [-0.1, -0.05) is 61.5 Å². The molecule has 2 amide bonds. The van der Waals surface area contributed by atoms with Crippen LogP contribution < -0.4 is 10.1 Å². The fourth-order valence-electron chi connectivity index (χ4n) is 3.30. The van der Waals surface area contributed by atoms with Gasteiger partial charge in [0.25, 0.3) is 11.8 Å². The van der Waals surface area contributed by atoms with Crippen LogP contribution in [0, 0.1) is 6.92 Å². The number of rotatable bonds is 8. The van der Waals surface area contributed by atoms with Crippen LogP contribution in [0.3, 0.4) is 0 Å². The number of nitrogens with zero attached hydrogens (tertiary/aromatic N) is 1. The van der Waals surface area contributed by atoms with Crippen molar-refractivity contribution in [3.8, 4) is 5.75 Å². The van der Waals surface area contributed by atoms with Gasteiger partial charge in [0.1, 0.15) is 5.75 Å². The smallest absolute Gasteiger partial charge is 0.265 e. The molecule has 0 saturated heterocycles. The maximum absolute atomic E-state index is 13.1. The average molecular weight is 417 g/mol. The van der Waals surface area contributed by atoms with Gasteiger partial charge in [-0.2, -0.15) is 0 Å². The quantitative estimate of drug-likeness (QED) is 0.558. The lowest BCUT2D eigenvalue weighted by Crippen LogP contribution is -2.33. The molecule has 160 valence electrons. The first kappa shape index (κ1) is 22.1. The Balaban J connectivity index is 1.72. The molecule has 1 unspecified atom stereocenters. The molecular formula is C26H28N2O3. The van der Waals surface area contributed by atoms with E-state index in [0.717, 1.165) is 11.1 Å². The molecule has 3 rings (SSSR count). The number of hydrogen-bond acceptors (Lipinski definition) is 3. The summed E-state index contributed by atoms with van der Waals surface area (Å²) in [6.07, 6.45) is -0.156. The minimum Gasteiger partial charge on any atom is -0.481 e. The number of ether oxygens (including phenoxy) is 1. The minimum absolute atomic E-state index is 0.160. The Kier molecular flexibility index (Phi) is 7.44. The third-order valence-corrected chi connectivity index (χ3v) is 4.96. The Bertz CT molecular complexity index is 1030. The number of carbonyl (C=O) groups excluding carboxylic acids is 2. The highest BCUT2D eigenvalue weighted by molar-refractivity contribution is 6.04. The second-order valence-corrected chi connectivity index (χ2v) is 7.51. The van der Waals surface area contributed by atoms with Crippen LogP contribution in [0.15, 0.2) is 78.9 Å². The summed E-state index contributed by atoms with van der Waals surface area (Å²) in [6.45, 7) is 4.35. The number of amides is 2.